The van der Waals surface area contributed by atoms with Crippen molar-refractivity contribution in [2.45, 2.75) is 71.5 Å². The molecule has 0 aliphatic heterocycles. The molecule has 27 heavy (non-hydrogen) atoms. The lowest BCUT2D eigenvalue weighted by atomic mass is 10.00. The number of guanidine groups is 1. The first-order chi connectivity index (χ1) is 12.6. The van der Waals surface area contributed by atoms with Crippen molar-refractivity contribution >= 4 is 24.1 Å². The van der Waals surface area contributed by atoms with E-state index in [1.165, 1.54) is 0 Å². The van der Waals surface area contributed by atoms with Gasteiger partial charge in [-0.15, -0.1) is 0 Å². The maximum atomic E-state index is 12.6. The predicted molar refractivity (Wildman–Crippen MR) is 106 cm³/mol. The van der Waals surface area contributed by atoms with Crippen molar-refractivity contribution in [3.8, 4) is 0 Å². The first-order valence-corrected chi connectivity index (χ1v) is 9.46. The summed E-state index contributed by atoms with van der Waals surface area (Å²) in [6.07, 6.45) is 2.62. The largest absolute Gasteiger partial charge is 0.370 e. The second-order valence-corrected chi connectivity index (χ2v) is 7.66. The molecule has 0 radical (unpaired) electrons. The summed E-state index contributed by atoms with van der Waals surface area (Å²) in [7, 11) is 0. The molecule has 0 aliphatic rings. The Morgan fingerprint density at radius 1 is 1.04 bits per heavy atom. The Morgan fingerprint density at radius 3 is 2.11 bits per heavy atom. The summed E-state index contributed by atoms with van der Waals surface area (Å²) in [4.78, 5) is 36.1. The molecule has 8 N–H and O–H groups in total. The number of carbonyl (C=O) groups excluding carboxylic acids is 3. The SMILES string of the molecule is CC(C)CC(N)C(=O)N[C@@H](CC(C)C)C(=O)N[C@H](C=O)CCCNC(=N)N. The Bertz CT molecular complexity index is 495. The Hall–Kier alpha value is -2.16. The van der Waals surface area contributed by atoms with Gasteiger partial charge < -0.3 is 32.2 Å². The second-order valence-electron chi connectivity index (χ2n) is 7.66. The highest BCUT2D eigenvalue weighted by molar-refractivity contribution is 5.90. The molecule has 0 spiro atoms. The average molecular weight is 385 g/mol. The number of nitrogens with two attached hydrogens (primary N) is 2. The monoisotopic (exact) mass is 384 g/mol. The number of aldehydes is 1. The molecule has 0 saturated carbocycles. The van der Waals surface area contributed by atoms with Crippen molar-refractivity contribution in [1.29, 1.82) is 5.41 Å². The summed E-state index contributed by atoms with van der Waals surface area (Å²) in [5, 5.41) is 15.1. The van der Waals surface area contributed by atoms with Crippen molar-refractivity contribution in [2.75, 3.05) is 6.54 Å². The average Bonchev–Trinajstić information content (AvgIpc) is 2.55. The van der Waals surface area contributed by atoms with Gasteiger partial charge in [-0.05, 0) is 37.5 Å². The van der Waals surface area contributed by atoms with Crippen LogP contribution in [0.25, 0.3) is 0 Å². The molecular formula is C18H36N6O3. The molecule has 9 heteroatoms. The molecule has 0 bridgehead atoms. The molecule has 3 atom stereocenters. The van der Waals surface area contributed by atoms with Crippen LogP contribution in [0, 0.1) is 17.2 Å². The summed E-state index contributed by atoms with van der Waals surface area (Å²) in [6, 6.07) is -2.08. The van der Waals surface area contributed by atoms with Crippen LogP contribution in [-0.4, -0.2) is 48.7 Å². The number of amides is 2. The molecule has 1 unspecified atom stereocenters. The standard InChI is InChI=1S/C18H36N6O3/c1-11(2)8-14(19)16(26)24-15(9-12(3)4)17(27)23-13(10-25)6-5-7-22-18(20)21/h10-15H,5-9,19H2,1-4H3,(H,23,27)(H,24,26)(H4,20,21,22)/t13-,14?,15-/m0/s1. The van der Waals surface area contributed by atoms with Gasteiger partial charge in [-0.25, -0.2) is 0 Å². The van der Waals surface area contributed by atoms with Gasteiger partial charge in [0, 0.05) is 6.54 Å². The molecule has 0 aliphatic carbocycles. The summed E-state index contributed by atoms with van der Waals surface area (Å²) in [6.45, 7) is 8.28. The van der Waals surface area contributed by atoms with E-state index in [2.05, 4.69) is 16.0 Å². The zero-order valence-corrected chi connectivity index (χ0v) is 16.9. The lowest BCUT2D eigenvalue weighted by Gasteiger charge is -2.24. The molecule has 0 aromatic carbocycles. The summed E-state index contributed by atoms with van der Waals surface area (Å²) in [5.41, 5.74) is 11.1. The minimum Gasteiger partial charge on any atom is -0.370 e. The van der Waals surface area contributed by atoms with E-state index in [0.717, 1.165) is 0 Å². The molecule has 0 aromatic heterocycles. The summed E-state index contributed by atoms with van der Waals surface area (Å²) in [5.74, 6) is -0.453. The fourth-order valence-corrected chi connectivity index (χ4v) is 2.60. The number of carbonyl (C=O) groups is 3. The molecule has 156 valence electrons. The van der Waals surface area contributed by atoms with Gasteiger partial charge in [0.15, 0.2) is 5.96 Å². The molecule has 0 heterocycles. The van der Waals surface area contributed by atoms with Crippen LogP contribution in [0.5, 0.6) is 0 Å². The minimum atomic E-state index is -0.742. The third-order valence-electron chi connectivity index (χ3n) is 3.90. The topological polar surface area (TPSA) is 163 Å². The van der Waals surface area contributed by atoms with E-state index in [9.17, 15) is 14.4 Å². The maximum Gasteiger partial charge on any atom is 0.243 e. The fraction of sp³-hybridized carbons (Fsp3) is 0.778. The second kappa shape index (κ2) is 13.1. The van der Waals surface area contributed by atoms with E-state index < -0.39 is 24.0 Å². The summed E-state index contributed by atoms with van der Waals surface area (Å²) < 4.78 is 0. The molecule has 0 rings (SSSR count). The Balaban J connectivity index is 4.76. The normalized spacial score (nSPS) is 14.3. The smallest absolute Gasteiger partial charge is 0.243 e. The van der Waals surface area contributed by atoms with E-state index in [4.69, 9.17) is 16.9 Å². The zero-order chi connectivity index (χ0) is 21.0. The van der Waals surface area contributed by atoms with Crippen LogP contribution < -0.4 is 27.4 Å². The van der Waals surface area contributed by atoms with Gasteiger partial charge in [0.2, 0.25) is 11.8 Å². The van der Waals surface area contributed by atoms with Gasteiger partial charge in [0.25, 0.3) is 0 Å². The first kappa shape index (κ1) is 24.8. The van der Waals surface area contributed by atoms with Gasteiger partial charge >= 0.3 is 0 Å². The highest BCUT2D eigenvalue weighted by atomic mass is 16.2. The Labute approximate surface area is 161 Å². The maximum absolute atomic E-state index is 12.6. The van der Waals surface area contributed by atoms with Crippen LogP contribution in [0.15, 0.2) is 0 Å². The third kappa shape index (κ3) is 12.0. The lowest BCUT2D eigenvalue weighted by molar-refractivity contribution is -0.131. The predicted octanol–water partition coefficient (Wildman–Crippen LogP) is -0.162. The van der Waals surface area contributed by atoms with Crippen molar-refractivity contribution in [1.82, 2.24) is 16.0 Å². The van der Waals surface area contributed by atoms with Crippen LogP contribution in [0.3, 0.4) is 0 Å². The van der Waals surface area contributed by atoms with Crippen LogP contribution in [0.2, 0.25) is 0 Å². The van der Waals surface area contributed by atoms with Crippen molar-refractivity contribution in [3.63, 3.8) is 0 Å². The Kier molecular flexibility index (Phi) is 12.0. The van der Waals surface area contributed by atoms with E-state index >= 15 is 0 Å². The number of hydrogen-bond donors (Lipinski definition) is 6. The number of rotatable bonds is 13. The number of hydrogen-bond acceptors (Lipinski definition) is 5. The van der Waals surface area contributed by atoms with Crippen molar-refractivity contribution in [2.24, 2.45) is 23.3 Å². The molecule has 2 amide bonds. The van der Waals surface area contributed by atoms with E-state index in [1.54, 1.807) is 0 Å². The van der Waals surface area contributed by atoms with Gasteiger partial charge in [-0.3, -0.25) is 15.0 Å². The van der Waals surface area contributed by atoms with Gasteiger partial charge in [0.05, 0.1) is 12.1 Å². The third-order valence-corrected chi connectivity index (χ3v) is 3.90. The number of nitrogens with one attached hydrogen (secondary N) is 4. The fourth-order valence-electron chi connectivity index (χ4n) is 2.60. The van der Waals surface area contributed by atoms with E-state index in [-0.39, 0.29) is 23.7 Å². The molecule has 0 fully saturated rings. The van der Waals surface area contributed by atoms with Crippen LogP contribution in [-0.2, 0) is 14.4 Å². The van der Waals surface area contributed by atoms with Crippen molar-refractivity contribution < 1.29 is 14.4 Å². The van der Waals surface area contributed by atoms with Crippen molar-refractivity contribution in [3.05, 3.63) is 0 Å². The summed E-state index contributed by atoms with van der Waals surface area (Å²) >= 11 is 0. The van der Waals surface area contributed by atoms with Crippen LogP contribution in [0.1, 0.15) is 53.4 Å². The highest BCUT2D eigenvalue weighted by Gasteiger charge is 2.26. The van der Waals surface area contributed by atoms with Gasteiger partial charge in [-0.2, -0.15) is 0 Å². The highest BCUT2D eigenvalue weighted by Crippen LogP contribution is 2.08. The molecule has 9 nitrogen and oxygen atoms in total. The van der Waals surface area contributed by atoms with E-state index in [1.807, 2.05) is 27.7 Å². The lowest BCUT2D eigenvalue weighted by Crippen LogP contribution is -2.54. The molecule has 0 aromatic rings. The van der Waals surface area contributed by atoms with E-state index in [0.29, 0.717) is 38.5 Å². The molecule has 0 saturated heterocycles. The van der Waals surface area contributed by atoms with Gasteiger partial charge in [0.1, 0.15) is 12.3 Å². The van der Waals surface area contributed by atoms with Gasteiger partial charge in [-0.1, -0.05) is 27.7 Å². The minimum absolute atomic E-state index is 0.140. The quantitative estimate of drug-likeness (QED) is 0.112. The van der Waals surface area contributed by atoms with Crippen LogP contribution in [0.4, 0.5) is 0 Å². The molecular weight excluding hydrogens is 348 g/mol. The Morgan fingerprint density at radius 2 is 1.63 bits per heavy atom. The first-order valence-electron chi connectivity index (χ1n) is 9.46. The van der Waals surface area contributed by atoms with Crippen LogP contribution >= 0.6 is 0 Å². The zero-order valence-electron chi connectivity index (χ0n) is 16.9.